The first-order valence-electron chi connectivity index (χ1n) is 12.7. The van der Waals surface area contributed by atoms with Crippen LogP contribution in [0.5, 0.6) is 11.5 Å². The Balaban J connectivity index is 1.43. The van der Waals surface area contributed by atoms with E-state index in [1.807, 2.05) is 31.3 Å². The van der Waals surface area contributed by atoms with Gasteiger partial charge in [0, 0.05) is 42.2 Å². The van der Waals surface area contributed by atoms with Crippen molar-refractivity contribution in [1.29, 1.82) is 0 Å². The number of nitrogens with zero attached hydrogens (tertiary/aromatic N) is 2. The number of methoxy groups -OCH3 is 1. The van der Waals surface area contributed by atoms with E-state index in [1.165, 1.54) is 5.56 Å². The van der Waals surface area contributed by atoms with Gasteiger partial charge < -0.3 is 9.47 Å². The Morgan fingerprint density at radius 1 is 1.24 bits per heavy atom. The summed E-state index contributed by atoms with van der Waals surface area (Å²) in [4.78, 5) is 18.8. The third-order valence-electron chi connectivity index (χ3n) is 7.28. The molecular weight excluding hydrogens is 499 g/mol. The molecule has 4 rings (SSSR count). The average Bonchev–Trinajstić information content (AvgIpc) is 2.92. The predicted octanol–water partition coefficient (Wildman–Crippen LogP) is 4.96. The Labute approximate surface area is 219 Å². The fourth-order valence-corrected chi connectivity index (χ4v) is 5.23. The van der Waals surface area contributed by atoms with Crippen LogP contribution < -0.4 is 15.0 Å². The molecule has 2 aromatic carbocycles. The minimum atomic E-state index is -1.30. The van der Waals surface area contributed by atoms with Crippen LogP contribution in [0.3, 0.4) is 0 Å². The van der Waals surface area contributed by atoms with Crippen molar-refractivity contribution in [3.63, 3.8) is 0 Å². The van der Waals surface area contributed by atoms with E-state index in [9.17, 15) is 18.0 Å². The number of pyridine rings is 1. The lowest BCUT2D eigenvalue weighted by molar-refractivity contribution is -0.135. The summed E-state index contributed by atoms with van der Waals surface area (Å²) < 4.78 is 51.7. The quantitative estimate of drug-likeness (QED) is 0.219. The number of aromatic nitrogens is 1. The highest BCUT2D eigenvalue weighted by atomic mass is 19.2. The lowest BCUT2D eigenvalue weighted by atomic mass is 9.87. The van der Waals surface area contributed by atoms with Crippen LogP contribution in [-0.4, -0.2) is 53.8 Å². The zero-order valence-electron chi connectivity index (χ0n) is 21.5. The molecule has 0 spiro atoms. The van der Waals surface area contributed by atoms with Gasteiger partial charge in [0.25, 0.3) is 0 Å². The maximum absolute atomic E-state index is 14.0. The number of hydrogen-bond acceptors (Lipinski definition) is 6. The number of nitrogens with one attached hydrogen (secondary N) is 1. The van der Waals surface area contributed by atoms with Gasteiger partial charge in [-0.15, -0.1) is 0 Å². The number of carbonyl (C=O) groups is 1. The molecule has 204 valence electrons. The van der Waals surface area contributed by atoms with Gasteiger partial charge in [0.2, 0.25) is 11.7 Å². The molecular formula is C28H32F3N3O4. The number of amides is 1. The van der Waals surface area contributed by atoms with E-state index >= 15 is 0 Å². The molecule has 10 heteroatoms. The standard InChI is InChI=1S/C28H32F3N3O4/c1-17-16-32-25-7-6-21(37-2)15-23(25)22(17)5-3-4-20-12-18(28(35)33-36)8-9-34(20)10-11-38-26-14-19(29)13-24(30)27(26)31/h6-7,13-16,18,20,36H,3-5,8-12H2,1-2H3,(H,33,35). The highest BCUT2D eigenvalue weighted by Crippen LogP contribution is 2.30. The van der Waals surface area contributed by atoms with Crippen molar-refractivity contribution in [1.82, 2.24) is 15.4 Å². The number of likely N-dealkylation sites (tertiary alicyclic amines) is 1. The number of benzene rings is 2. The molecule has 3 aromatic rings. The van der Waals surface area contributed by atoms with E-state index < -0.39 is 29.1 Å². The van der Waals surface area contributed by atoms with Crippen LogP contribution in [0.1, 0.15) is 36.8 Å². The van der Waals surface area contributed by atoms with E-state index in [0.717, 1.165) is 47.5 Å². The van der Waals surface area contributed by atoms with Gasteiger partial charge in [0.15, 0.2) is 11.6 Å². The monoisotopic (exact) mass is 531 g/mol. The number of aryl methyl sites for hydroxylation is 2. The van der Waals surface area contributed by atoms with Crippen LogP contribution >= 0.6 is 0 Å². The smallest absolute Gasteiger partial charge is 0.246 e. The third-order valence-corrected chi connectivity index (χ3v) is 7.28. The number of carbonyl (C=O) groups excluding carboxylic acids is 1. The number of piperidine rings is 1. The molecule has 0 aliphatic carbocycles. The highest BCUT2D eigenvalue weighted by Gasteiger charge is 2.32. The van der Waals surface area contributed by atoms with E-state index in [-0.39, 0.29) is 18.6 Å². The summed E-state index contributed by atoms with van der Waals surface area (Å²) in [5, 5.41) is 10.2. The van der Waals surface area contributed by atoms with Crippen molar-refractivity contribution in [2.75, 3.05) is 26.8 Å². The summed E-state index contributed by atoms with van der Waals surface area (Å²) in [7, 11) is 1.63. The largest absolute Gasteiger partial charge is 0.497 e. The molecule has 2 heterocycles. The third kappa shape index (κ3) is 6.36. The molecule has 2 atom stereocenters. The Morgan fingerprint density at radius 3 is 2.82 bits per heavy atom. The molecule has 0 bridgehead atoms. The molecule has 7 nitrogen and oxygen atoms in total. The molecule has 1 fully saturated rings. The lowest BCUT2D eigenvalue weighted by Gasteiger charge is -2.39. The van der Waals surface area contributed by atoms with Crippen molar-refractivity contribution < 1.29 is 32.6 Å². The van der Waals surface area contributed by atoms with Gasteiger partial charge >= 0.3 is 0 Å². The second kappa shape index (κ2) is 12.4. The van der Waals surface area contributed by atoms with Gasteiger partial charge in [0.05, 0.1) is 12.6 Å². The van der Waals surface area contributed by atoms with Crippen molar-refractivity contribution in [3.8, 4) is 11.5 Å². The number of halogens is 3. The maximum Gasteiger partial charge on any atom is 0.246 e. The van der Waals surface area contributed by atoms with E-state index in [1.54, 1.807) is 12.6 Å². The molecule has 1 amide bonds. The van der Waals surface area contributed by atoms with Crippen molar-refractivity contribution in [3.05, 3.63) is 65.1 Å². The van der Waals surface area contributed by atoms with Gasteiger partial charge in [-0.25, -0.2) is 14.3 Å². The first-order valence-corrected chi connectivity index (χ1v) is 12.7. The number of hydrogen-bond donors (Lipinski definition) is 2. The predicted molar refractivity (Wildman–Crippen MR) is 136 cm³/mol. The molecule has 1 aliphatic rings. The summed E-state index contributed by atoms with van der Waals surface area (Å²) in [6.45, 7) is 3.02. The summed E-state index contributed by atoms with van der Waals surface area (Å²) >= 11 is 0. The lowest BCUT2D eigenvalue weighted by Crippen LogP contribution is -2.47. The second-order valence-electron chi connectivity index (χ2n) is 9.63. The number of ether oxygens (including phenoxy) is 2. The second-order valence-corrected chi connectivity index (χ2v) is 9.63. The zero-order chi connectivity index (χ0) is 27.2. The van der Waals surface area contributed by atoms with Crippen LogP contribution in [0.25, 0.3) is 10.9 Å². The summed E-state index contributed by atoms with van der Waals surface area (Å²) in [6.07, 6.45) is 5.34. The highest BCUT2D eigenvalue weighted by molar-refractivity contribution is 5.84. The Kier molecular flexibility index (Phi) is 9.06. The van der Waals surface area contributed by atoms with Gasteiger partial charge in [-0.05, 0) is 74.9 Å². The fourth-order valence-electron chi connectivity index (χ4n) is 5.23. The van der Waals surface area contributed by atoms with Crippen molar-refractivity contribution in [2.24, 2.45) is 5.92 Å². The van der Waals surface area contributed by atoms with Gasteiger partial charge in [0.1, 0.15) is 18.2 Å². The molecule has 1 aromatic heterocycles. The number of hydroxylamine groups is 1. The van der Waals surface area contributed by atoms with Crippen LogP contribution in [-0.2, 0) is 11.2 Å². The SMILES string of the molecule is COc1ccc2ncc(C)c(CCCC3CC(C(=O)NO)CCN3CCOc3cc(F)cc(F)c3F)c2c1. The fraction of sp³-hybridized carbons (Fsp3) is 0.429. The van der Waals surface area contributed by atoms with Crippen LogP contribution in [0.2, 0.25) is 0 Å². The topological polar surface area (TPSA) is 83.9 Å². The van der Waals surface area contributed by atoms with Crippen LogP contribution in [0.15, 0.2) is 36.5 Å². The van der Waals surface area contributed by atoms with Crippen LogP contribution in [0, 0.1) is 30.3 Å². The Bertz CT molecular complexity index is 1290. The van der Waals surface area contributed by atoms with E-state index in [4.69, 9.17) is 14.7 Å². The zero-order valence-corrected chi connectivity index (χ0v) is 21.5. The Hall–Kier alpha value is -3.37. The summed E-state index contributed by atoms with van der Waals surface area (Å²) in [5.41, 5.74) is 4.92. The summed E-state index contributed by atoms with van der Waals surface area (Å²) in [5.74, 6) is -3.88. The molecule has 0 radical (unpaired) electrons. The summed E-state index contributed by atoms with van der Waals surface area (Å²) in [6, 6.07) is 7.11. The minimum Gasteiger partial charge on any atom is -0.497 e. The minimum absolute atomic E-state index is 0.00619. The molecule has 2 N–H and O–H groups in total. The van der Waals surface area contributed by atoms with Gasteiger partial charge in [-0.3, -0.25) is 19.9 Å². The number of fused-ring (bicyclic) bond motifs is 1. The first kappa shape index (κ1) is 27.7. The number of rotatable bonds is 10. The molecule has 0 saturated carbocycles. The van der Waals surface area contributed by atoms with Crippen molar-refractivity contribution in [2.45, 2.75) is 45.1 Å². The molecule has 1 saturated heterocycles. The van der Waals surface area contributed by atoms with E-state index in [0.29, 0.717) is 32.0 Å². The first-order chi connectivity index (χ1) is 18.3. The van der Waals surface area contributed by atoms with E-state index in [2.05, 4.69) is 9.88 Å². The van der Waals surface area contributed by atoms with Crippen molar-refractivity contribution >= 4 is 16.8 Å². The molecule has 1 aliphatic heterocycles. The van der Waals surface area contributed by atoms with Gasteiger partial charge in [-0.1, -0.05) is 0 Å². The molecule has 2 unspecified atom stereocenters. The normalized spacial score (nSPS) is 17.9. The van der Waals surface area contributed by atoms with Gasteiger partial charge in [-0.2, -0.15) is 4.39 Å². The maximum atomic E-state index is 14.0. The van der Waals surface area contributed by atoms with Crippen LogP contribution in [0.4, 0.5) is 13.2 Å². The Morgan fingerprint density at radius 2 is 2.05 bits per heavy atom. The average molecular weight is 532 g/mol. The molecule has 38 heavy (non-hydrogen) atoms.